The average molecular weight is 494 g/mol. The van der Waals surface area contributed by atoms with Crippen LogP contribution in [0.15, 0.2) is 73.3 Å². The first-order valence-electron chi connectivity index (χ1n) is 11.9. The number of rotatable bonds is 7. The summed E-state index contributed by atoms with van der Waals surface area (Å²) < 4.78 is 19.7. The Kier molecular flexibility index (Phi) is 5.82. The highest BCUT2D eigenvalue weighted by molar-refractivity contribution is 6.00. The largest absolute Gasteiger partial charge is 0.491 e. The van der Waals surface area contributed by atoms with Crippen molar-refractivity contribution in [1.82, 2.24) is 35.0 Å². The lowest BCUT2D eigenvalue weighted by Crippen LogP contribution is -2.19. The fourth-order valence-electron chi connectivity index (χ4n) is 4.32. The molecule has 37 heavy (non-hydrogen) atoms. The lowest BCUT2D eigenvalue weighted by molar-refractivity contribution is 0.261. The first-order valence-corrected chi connectivity index (χ1v) is 11.9. The van der Waals surface area contributed by atoms with E-state index in [0.717, 1.165) is 50.9 Å². The van der Waals surface area contributed by atoms with Gasteiger partial charge in [-0.1, -0.05) is 12.1 Å². The van der Waals surface area contributed by atoms with Crippen molar-refractivity contribution in [3.05, 3.63) is 79.1 Å². The third-order valence-corrected chi connectivity index (χ3v) is 6.18. The summed E-state index contributed by atoms with van der Waals surface area (Å²) in [5.41, 5.74) is 6.36. The highest BCUT2D eigenvalue weighted by Gasteiger charge is 2.15. The summed E-state index contributed by atoms with van der Waals surface area (Å²) in [6, 6.07) is 14.4. The van der Waals surface area contributed by atoms with Crippen LogP contribution in [0.1, 0.15) is 0 Å². The molecule has 0 radical (unpaired) electrons. The van der Waals surface area contributed by atoms with E-state index in [1.165, 1.54) is 12.1 Å². The van der Waals surface area contributed by atoms with E-state index in [1.807, 2.05) is 44.4 Å². The zero-order valence-electron chi connectivity index (χ0n) is 20.4. The average Bonchev–Trinajstić information content (AvgIpc) is 3.52. The van der Waals surface area contributed by atoms with E-state index in [1.54, 1.807) is 30.9 Å². The summed E-state index contributed by atoms with van der Waals surface area (Å²) >= 11 is 0. The second-order valence-electron chi connectivity index (χ2n) is 9.07. The normalized spacial score (nSPS) is 11.6. The molecule has 2 N–H and O–H groups in total. The van der Waals surface area contributed by atoms with Crippen LogP contribution in [-0.4, -0.2) is 62.3 Å². The summed E-state index contributed by atoms with van der Waals surface area (Å²) in [6.45, 7) is 1.39. The van der Waals surface area contributed by atoms with Crippen molar-refractivity contribution in [2.45, 2.75) is 0 Å². The molecule has 6 aromatic rings. The maximum Gasteiger partial charge on any atom is 0.181 e. The second kappa shape index (κ2) is 9.44. The molecule has 0 atom stereocenters. The predicted octanol–water partition coefficient (Wildman–Crippen LogP) is 5.31. The smallest absolute Gasteiger partial charge is 0.181 e. The van der Waals surface area contributed by atoms with Crippen LogP contribution >= 0.6 is 0 Å². The molecule has 1 aromatic carbocycles. The molecule has 0 bridgehead atoms. The number of halogens is 1. The van der Waals surface area contributed by atoms with Gasteiger partial charge in [0.05, 0.1) is 23.3 Å². The number of aromatic nitrogens is 6. The lowest BCUT2D eigenvalue weighted by atomic mass is 10.1. The first kappa shape index (κ1) is 22.8. The van der Waals surface area contributed by atoms with Gasteiger partial charge in [0, 0.05) is 58.1 Å². The Balaban J connectivity index is 1.38. The molecule has 0 fully saturated rings. The van der Waals surface area contributed by atoms with E-state index in [0.29, 0.717) is 23.7 Å². The molecule has 8 nitrogen and oxygen atoms in total. The van der Waals surface area contributed by atoms with Gasteiger partial charge in [0.2, 0.25) is 0 Å². The van der Waals surface area contributed by atoms with E-state index < -0.39 is 0 Å². The topological polar surface area (TPSA) is 95.6 Å². The molecule has 184 valence electrons. The van der Waals surface area contributed by atoms with Crippen LogP contribution in [0, 0.1) is 5.82 Å². The molecule has 0 amide bonds. The zero-order chi connectivity index (χ0) is 25.4. The monoisotopic (exact) mass is 493 g/mol. The number of nitrogens with zero attached hydrogens (tertiary/aromatic N) is 5. The molecule has 0 unspecified atom stereocenters. The Morgan fingerprint density at radius 2 is 1.81 bits per heavy atom. The molecule has 9 heteroatoms. The third kappa shape index (κ3) is 4.52. The number of nitrogens with one attached hydrogen (secondary N) is 2. The van der Waals surface area contributed by atoms with Crippen molar-refractivity contribution >= 4 is 21.9 Å². The molecule has 0 spiro atoms. The van der Waals surface area contributed by atoms with Crippen LogP contribution in [-0.2, 0) is 0 Å². The fraction of sp³-hybridized carbons (Fsp3) is 0.143. The molecule has 0 aliphatic rings. The minimum atomic E-state index is -0.299. The SMILES string of the molecule is CN(C)CCOc1cncc(-c2cnc3n[nH]c(-c4cc5c(-c6cccc(F)c6)nccc5[nH]4)c3c2)c1. The number of H-pyrrole nitrogens is 2. The molecule has 0 saturated carbocycles. The fourth-order valence-corrected chi connectivity index (χ4v) is 4.32. The number of likely N-dealkylation sites (N-methyl/N-ethyl adjacent to an activating group) is 1. The van der Waals surface area contributed by atoms with Gasteiger partial charge in [-0.05, 0) is 50.5 Å². The summed E-state index contributed by atoms with van der Waals surface area (Å²) in [7, 11) is 4.01. The van der Waals surface area contributed by atoms with Gasteiger partial charge in [-0.15, -0.1) is 0 Å². The van der Waals surface area contributed by atoms with Crippen LogP contribution in [0.3, 0.4) is 0 Å². The van der Waals surface area contributed by atoms with Crippen molar-refractivity contribution in [2.24, 2.45) is 0 Å². The minimum absolute atomic E-state index is 0.299. The third-order valence-electron chi connectivity index (χ3n) is 6.18. The quantitative estimate of drug-likeness (QED) is 0.313. The Morgan fingerprint density at radius 3 is 2.68 bits per heavy atom. The van der Waals surface area contributed by atoms with Crippen LogP contribution in [0.4, 0.5) is 4.39 Å². The number of aromatic amines is 2. The van der Waals surface area contributed by atoms with Crippen molar-refractivity contribution < 1.29 is 9.13 Å². The van der Waals surface area contributed by atoms with E-state index in [-0.39, 0.29) is 5.82 Å². The van der Waals surface area contributed by atoms with Gasteiger partial charge in [-0.25, -0.2) is 9.37 Å². The highest BCUT2D eigenvalue weighted by atomic mass is 19.1. The highest BCUT2D eigenvalue weighted by Crippen LogP contribution is 2.34. The van der Waals surface area contributed by atoms with Gasteiger partial charge in [0.15, 0.2) is 5.65 Å². The van der Waals surface area contributed by atoms with Crippen LogP contribution in [0.5, 0.6) is 5.75 Å². The van der Waals surface area contributed by atoms with Gasteiger partial charge >= 0.3 is 0 Å². The molecule has 5 aromatic heterocycles. The maximum atomic E-state index is 13.9. The van der Waals surface area contributed by atoms with Gasteiger partial charge in [0.25, 0.3) is 0 Å². The Labute approximate surface area is 212 Å². The summed E-state index contributed by atoms with van der Waals surface area (Å²) in [5.74, 6) is 0.409. The number of fused-ring (bicyclic) bond motifs is 2. The molecule has 0 saturated heterocycles. The van der Waals surface area contributed by atoms with Crippen LogP contribution in [0.25, 0.3) is 55.7 Å². The Bertz CT molecular complexity index is 1720. The molecule has 6 rings (SSSR count). The van der Waals surface area contributed by atoms with Gasteiger partial charge in [0.1, 0.15) is 18.2 Å². The van der Waals surface area contributed by atoms with Gasteiger partial charge < -0.3 is 14.6 Å². The lowest BCUT2D eigenvalue weighted by Gasteiger charge is -2.11. The van der Waals surface area contributed by atoms with Crippen molar-refractivity contribution in [3.63, 3.8) is 0 Å². The Hall–Kier alpha value is -4.63. The molecule has 0 aliphatic carbocycles. The zero-order valence-corrected chi connectivity index (χ0v) is 20.4. The number of benzene rings is 1. The number of hydrogen-bond donors (Lipinski definition) is 2. The van der Waals surface area contributed by atoms with Crippen LogP contribution < -0.4 is 4.74 Å². The van der Waals surface area contributed by atoms with E-state index in [4.69, 9.17) is 4.74 Å². The molecule has 0 aliphatic heterocycles. The Morgan fingerprint density at radius 1 is 0.919 bits per heavy atom. The van der Waals surface area contributed by atoms with E-state index in [2.05, 4.69) is 35.0 Å². The number of hydrogen-bond acceptors (Lipinski definition) is 6. The summed E-state index contributed by atoms with van der Waals surface area (Å²) in [6.07, 6.45) is 7.00. The van der Waals surface area contributed by atoms with Crippen molar-refractivity contribution in [1.29, 1.82) is 0 Å². The summed E-state index contributed by atoms with van der Waals surface area (Å²) in [4.78, 5) is 18.9. The standard InChI is InChI=1S/C28H24FN7O/c1-36(2)8-9-37-21-11-18(14-30-16-21)19-12-23-27(34-35-28(23)32-15-19)25-13-22-24(33-25)6-7-31-26(22)17-4-3-5-20(29)10-17/h3-7,10-16,33H,8-9H2,1-2H3,(H,32,34,35). The van der Waals surface area contributed by atoms with E-state index in [9.17, 15) is 4.39 Å². The van der Waals surface area contributed by atoms with Gasteiger partial charge in [-0.3, -0.25) is 15.1 Å². The molecular weight excluding hydrogens is 469 g/mol. The maximum absolute atomic E-state index is 13.9. The number of pyridine rings is 3. The minimum Gasteiger partial charge on any atom is -0.491 e. The summed E-state index contributed by atoms with van der Waals surface area (Å²) in [5, 5.41) is 9.27. The second-order valence-corrected chi connectivity index (χ2v) is 9.07. The van der Waals surface area contributed by atoms with Gasteiger partial charge in [-0.2, -0.15) is 5.10 Å². The first-order chi connectivity index (χ1) is 18.0. The molecule has 5 heterocycles. The predicted molar refractivity (Wildman–Crippen MR) is 142 cm³/mol. The van der Waals surface area contributed by atoms with Crippen molar-refractivity contribution in [3.8, 4) is 39.5 Å². The van der Waals surface area contributed by atoms with Crippen molar-refractivity contribution in [2.75, 3.05) is 27.2 Å². The number of ether oxygens (including phenoxy) is 1. The van der Waals surface area contributed by atoms with E-state index >= 15 is 0 Å². The van der Waals surface area contributed by atoms with Crippen LogP contribution in [0.2, 0.25) is 0 Å². The molecular formula is C28H24FN7O.